The Bertz CT molecular complexity index is 1920. The molecule has 0 spiro atoms. The van der Waals surface area contributed by atoms with Gasteiger partial charge in [0.1, 0.15) is 22.9 Å². The van der Waals surface area contributed by atoms with Crippen LogP contribution in [0.4, 0.5) is 14.6 Å². The Kier molecular flexibility index (Phi) is 7.90. The highest BCUT2D eigenvalue weighted by Gasteiger charge is 2.45. The third-order valence-corrected chi connectivity index (χ3v) is 11.1. The predicted molar refractivity (Wildman–Crippen MR) is 184 cm³/mol. The molecule has 4 fully saturated rings. The highest BCUT2D eigenvalue weighted by Crippen LogP contribution is 2.47. The molecule has 3 aromatic carbocycles. The van der Waals surface area contributed by atoms with Gasteiger partial charge in [-0.25, -0.2) is 8.78 Å². The summed E-state index contributed by atoms with van der Waals surface area (Å²) in [6, 6.07) is 10.8. The molecule has 2 atom stereocenters. The largest absolute Gasteiger partial charge is 0.508 e. The van der Waals surface area contributed by atoms with E-state index in [1.165, 1.54) is 12.1 Å². The number of piperazine rings is 1. The van der Waals surface area contributed by atoms with E-state index in [9.17, 15) is 5.11 Å². The second kappa shape index (κ2) is 12.1. The van der Waals surface area contributed by atoms with E-state index in [4.69, 9.17) is 16.1 Å². The summed E-state index contributed by atoms with van der Waals surface area (Å²) in [6.45, 7) is 4.90. The summed E-state index contributed by atoms with van der Waals surface area (Å²) in [7, 11) is 4.31. The van der Waals surface area contributed by atoms with Crippen LogP contribution in [0, 0.1) is 29.4 Å². The van der Waals surface area contributed by atoms with E-state index >= 15 is 8.78 Å². The van der Waals surface area contributed by atoms with Crippen molar-refractivity contribution >= 4 is 27.5 Å². The normalized spacial score (nSPS) is 22.5. The Hall–Kier alpha value is -4.04. The number of rotatable bonds is 8. The number of phenolic OH excluding ortho intramolecular Hbond substituents is 1. The summed E-state index contributed by atoms with van der Waals surface area (Å²) in [5, 5.41) is 15.6. The molecule has 250 valence electrons. The van der Waals surface area contributed by atoms with Gasteiger partial charge >= 0.3 is 6.01 Å². The molecule has 8 rings (SSSR count). The number of hydrogen-bond donors (Lipinski definition) is 2. The molecule has 3 aliphatic heterocycles. The van der Waals surface area contributed by atoms with Crippen LogP contribution < -0.4 is 15.0 Å². The zero-order chi connectivity index (χ0) is 33.2. The lowest BCUT2D eigenvalue weighted by atomic mass is 9.93. The first kappa shape index (κ1) is 31.2. The number of likely N-dealkylation sites (tertiary alicyclic amines) is 1. The van der Waals surface area contributed by atoms with Crippen LogP contribution in [0.1, 0.15) is 44.1 Å². The van der Waals surface area contributed by atoms with Gasteiger partial charge in [0.25, 0.3) is 0 Å². The third-order valence-electron chi connectivity index (χ3n) is 11.1. The molecule has 4 aliphatic rings. The number of hydrogen-bond acceptors (Lipinski definition) is 8. The number of piperidine rings is 1. The molecule has 8 nitrogen and oxygen atoms in total. The third kappa shape index (κ3) is 5.72. The minimum Gasteiger partial charge on any atom is -0.508 e. The van der Waals surface area contributed by atoms with Crippen LogP contribution in [0.3, 0.4) is 0 Å². The molecule has 2 unspecified atom stereocenters. The summed E-state index contributed by atoms with van der Waals surface area (Å²) in [5.41, 5.74) is 0.374. The minimum absolute atomic E-state index is 0.0115. The molecule has 48 heavy (non-hydrogen) atoms. The number of nitrogens with one attached hydrogen (secondary N) is 1. The quantitative estimate of drug-likeness (QED) is 0.241. The van der Waals surface area contributed by atoms with Crippen LogP contribution in [0.5, 0.6) is 11.8 Å². The molecular formula is C38H42F2N6O2. The monoisotopic (exact) mass is 652 g/mol. The molecule has 0 amide bonds. The standard InChI is InChI=1S/C38H42F2N6O2/c1-4-23-6-5-7-24-16-28(47)17-29(32(23)24)33-31(39)18-30-35(34(33)40)42-37(43-36(30)46-19-25-8-9-26(20-46)41-25)48-22-38(12-13-38)21-45-14-10-27(11-15-45)44(2)3/h1,5-7,16-18,25-27,41,47H,8-15,19-22H2,2-3H3. The van der Waals surface area contributed by atoms with Gasteiger partial charge in [-0.3, -0.25) is 0 Å². The van der Waals surface area contributed by atoms with Crippen LogP contribution in [-0.2, 0) is 0 Å². The van der Waals surface area contributed by atoms with E-state index in [1.807, 2.05) is 0 Å². The van der Waals surface area contributed by atoms with Gasteiger partial charge in [-0.2, -0.15) is 9.97 Å². The van der Waals surface area contributed by atoms with Crippen molar-refractivity contribution in [2.24, 2.45) is 5.41 Å². The Morgan fingerprint density at radius 3 is 2.50 bits per heavy atom. The molecule has 4 heterocycles. The van der Waals surface area contributed by atoms with Gasteiger partial charge in [0.2, 0.25) is 0 Å². The average molecular weight is 653 g/mol. The summed E-state index contributed by atoms with van der Waals surface area (Å²) < 4.78 is 39.6. The smallest absolute Gasteiger partial charge is 0.319 e. The van der Waals surface area contributed by atoms with Gasteiger partial charge in [-0.05, 0) is 95.4 Å². The number of nitrogens with zero attached hydrogens (tertiary/aromatic N) is 5. The van der Waals surface area contributed by atoms with Gasteiger partial charge in [0.05, 0.1) is 12.2 Å². The average Bonchev–Trinajstić information content (AvgIpc) is 3.76. The number of ether oxygens (including phenoxy) is 1. The number of halogens is 2. The molecule has 1 saturated carbocycles. The molecule has 4 aromatic rings. The fourth-order valence-corrected chi connectivity index (χ4v) is 8.22. The summed E-state index contributed by atoms with van der Waals surface area (Å²) >= 11 is 0. The molecule has 10 heteroatoms. The fraction of sp³-hybridized carbons (Fsp3) is 0.474. The molecule has 1 aliphatic carbocycles. The lowest BCUT2D eigenvalue weighted by molar-refractivity contribution is 0.105. The number of phenols is 1. The van der Waals surface area contributed by atoms with E-state index in [1.54, 1.807) is 24.3 Å². The molecular weight excluding hydrogens is 610 g/mol. The highest BCUT2D eigenvalue weighted by molar-refractivity contribution is 6.04. The molecule has 0 radical (unpaired) electrons. The van der Waals surface area contributed by atoms with Crippen molar-refractivity contribution in [3.8, 4) is 35.2 Å². The minimum atomic E-state index is -0.833. The first-order valence-corrected chi connectivity index (χ1v) is 17.2. The maximum Gasteiger partial charge on any atom is 0.319 e. The zero-order valence-electron chi connectivity index (χ0n) is 27.6. The maximum absolute atomic E-state index is 16.9. The van der Waals surface area contributed by atoms with Crippen molar-refractivity contribution < 1.29 is 18.6 Å². The number of benzene rings is 3. The molecule has 1 aromatic heterocycles. The van der Waals surface area contributed by atoms with Gasteiger partial charge in [0, 0.05) is 65.1 Å². The van der Waals surface area contributed by atoms with E-state index < -0.39 is 11.6 Å². The maximum atomic E-state index is 16.9. The summed E-state index contributed by atoms with van der Waals surface area (Å²) in [5.74, 6) is 1.40. The van der Waals surface area contributed by atoms with E-state index in [0.717, 1.165) is 58.2 Å². The highest BCUT2D eigenvalue weighted by atomic mass is 19.1. The van der Waals surface area contributed by atoms with Crippen molar-refractivity contribution in [2.45, 2.75) is 56.7 Å². The molecule has 2 N–H and O–H groups in total. The Labute approximate surface area is 280 Å². The fourth-order valence-electron chi connectivity index (χ4n) is 8.22. The SMILES string of the molecule is C#Cc1cccc2cc(O)cc(-c3c(F)cc4c(N5CC6CCC(C5)N6)nc(OCC5(CN6CCC(N(C)C)CC6)CC5)nc4c3F)c12. The molecule has 2 bridgehead atoms. The van der Waals surface area contributed by atoms with Crippen molar-refractivity contribution in [1.82, 2.24) is 25.1 Å². The van der Waals surface area contributed by atoms with Crippen LogP contribution >= 0.6 is 0 Å². The predicted octanol–water partition coefficient (Wildman–Crippen LogP) is 5.54. The van der Waals surface area contributed by atoms with Crippen LogP contribution in [0.15, 0.2) is 36.4 Å². The van der Waals surface area contributed by atoms with Gasteiger partial charge in [-0.15, -0.1) is 6.42 Å². The lowest BCUT2D eigenvalue weighted by Crippen LogP contribution is -2.51. The first-order chi connectivity index (χ1) is 23.2. The molecule has 3 saturated heterocycles. The van der Waals surface area contributed by atoms with Gasteiger partial charge < -0.3 is 29.9 Å². The van der Waals surface area contributed by atoms with Gasteiger partial charge in [-0.1, -0.05) is 18.1 Å². The van der Waals surface area contributed by atoms with Crippen molar-refractivity contribution in [3.05, 3.63) is 53.6 Å². The number of anilines is 1. The first-order valence-electron chi connectivity index (χ1n) is 17.2. The number of terminal acetylenes is 1. The lowest BCUT2D eigenvalue weighted by Gasteiger charge is -2.37. The zero-order valence-corrected chi connectivity index (χ0v) is 27.6. The Morgan fingerprint density at radius 1 is 1.06 bits per heavy atom. The summed E-state index contributed by atoms with van der Waals surface area (Å²) in [6.07, 6.45) is 12.4. The van der Waals surface area contributed by atoms with Crippen molar-refractivity contribution in [3.63, 3.8) is 0 Å². The van der Waals surface area contributed by atoms with Gasteiger partial charge in [0.15, 0.2) is 5.82 Å². The number of fused-ring (bicyclic) bond motifs is 4. The van der Waals surface area contributed by atoms with Crippen molar-refractivity contribution in [2.75, 3.05) is 58.3 Å². The second-order valence-electron chi connectivity index (χ2n) is 14.6. The number of aromatic nitrogens is 2. The Morgan fingerprint density at radius 2 is 1.81 bits per heavy atom. The van der Waals surface area contributed by atoms with E-state index in [-0.39, 0.29) is 33.8 Å². The summed E-state index contributed by atoms with van der Waals surface area (Å²) in [4.78, 5) is 16.5. The second-order valence-corrected chi connectivity index (χ2v) is 14.6. The van der Waals surface area contributed by atoms with Crippen molar-refractivity contribution in [1.29, 1.82) is 0 Å². The van der Waals surface area contributed by atoms with Crippen LogP contribution in [0.2, 0.25) is 0 Å². The van der Waals surface area contributed by atoms with E-state index in [0.29, 0.717) is 65.4 Å². The van der Waals surface area contributed by atoms with E-state index in [2.05, 4.69) is 45.0 Å². The Balaban J connectivity index is 1.18. The van der Waals surface area contributed by atoms with Crippen LogP contribution in [0.25, 0.3) is 32.8 Å². The number of aromatic hydroxyl groups is 1. The topological polar surface area (TPSA) is 77.0 Å². The van der Waals surface area contributed by atoms with Crippen LogP contribution in [-0.4, -0.2) is 96.4 Å².